The molecule has 2 aromatic carbocycles. The molecule has 6 nitrogen and oxygen atoms in total. The molecule has 0 spiro atoms. The predicted octanol–water partition coefficient (Wildman–Crippen LogP) is 6.71. The average Bonchev–Trinajstić information content (AvgIpc) is 3.30. The lowest BCUT2D eigenvalue weighted by Crippen LogP contribution is -2.41. The first-order valence-electron chi connectivity index (χ1n) is 11.7. The second-order valence-electron chi connectivity index (χ2n) is 10.1. The first-order valence-corrected chi connectivity index (χ1v) is 11.7. The fourth-order valence-electron chi connectivity index (χ4n) is 4.95. The van der Waals surface area contributed by atoms with Crippen molar-refractivity contribution in [3.63, 3.8) is 0 Å². The summed E-state index contributed by atoms with van der Waals surface area (Å²) in [6.07, 6.45) is 1.69. The van der Waals surface area contributed by atoms with Crippen LogP contribution in [0.4, 0.5) is 4.79 Å². The van der Waals surface area contributed by atoms with Crippen LogP contribution in [0, 0.1) is 13.8 Å². The van der Waals surface area contributed by atoms with Gasteiger partial charge in [-0.15, -0.1) is 0 Å². The Morgan fingerprint density at radius 1 is 1.06 bits per heavy atom. The van der Waals surface area contributed by atoms with Gasteiger partial charge in [0.05, 0.1) is 5.69 Å². The van der Waals surface area contributed by atoms with Gasteiger partial charge < -0.3 is 19.1 Å². The lowest BCUT2D eigenvalue weighted by Gasteiger charge is -2.33. The van der Waals surface area contributed by atoms with E-state index in [1.807, 2.05) is 39.5 Å². The van der Waals surface area contributed by atoms with Crippen LogP contribution in [-0.2, 0) is 4.74 Å². The number of piperidine rings is 1. The van der Waals surface area contributed by atoms with Gasteiger partial charge in [-0.25, -0.2) is 4.79 Å². The Labute approximate surface area is 193 Å². The van der Waals surface area contributed by atoms with Crippen molar-refractivity contribution in [1.29, 1.82) is 0 Å². The van der Waals surface area contributed by atoms with Crippen LogP contribution in [0.25, 0.3) is 32.9 Å². The number of carbonyl (C=O) groups is 1. The number of rotatable bonds is 2. The van der Waals surface area contributed by atoms with E-state index in [0.717, 1.165) is 59.5 Å². The highest BCUT2D eigenvalue weighted by Crippen LogP contribution is 2.35. The monoisotopic (exact) mass is 445 g/mol. The van der Waals surface area contributed by atoms with Crippen LogP contribution in [0.1, 0.15) is 56.5 Å². The maximum atomic E-state index is 12.4. The van der Waals surface area contributed by atoms with Crippen LogP contribution >= 0.6 is 0 Å². The molecule has 0 aliphatic carbocycles. The third kappa shape index (κ3) is 4.10. The van der Waals surface area contributed by atoms with Gasteiger partial charge in [-0.3, -0.25) is 0 Å². The molecule has 0 saturated carbocycles. The number of benzene rings is 2. The highest BCUT2D eigenvalue weighted by atomic mass is 16.6. The van der Waals surface area contributed by atoms with Gasteiger partial charge in [0.2, 0.25) is 0 Å². The Morgan fingerprint density at radius 3 is 2.48 bits per heavy atom. The van der Waals surface area contributed by atoms with Gasteiger partial charge in [0, 0.05) is 40.5 Å². The third-order valence-electron chi connectivity index (χ3n) is 6.56. The number of aromatic nitrogens is 2. The molecule has 0 unspecified atom stereocenters. The van der Waals surface area contributed by atoms with Crippen LogP contribution in [0.2, 0.25) is 0 Å². The summed E-state index contributed by atoms with van der Waals surface area (Å²) in [7, 11) is 0. The topological polar surface area (TPSA) is 71.4 Å². The number of aromatic amines is 1. The van der Waals surface area contributed by atoms with Gasteiger partial charge >= 0.3 is 6.09 Å². The molecule has 2 aromatic heterocycles. The quantitative estimate of drug-likeness (QED) is 0.372. The van der Waals surface area contributed by atoms with E-state index in [9.17, 15) is 4.79 Å². The molecule has 4 aromatic rings. The molecule has 0 radical (unpaired) electrons. The molecule has 6 heteroatoms. The molecule has 5 rings (SSSR count). The number of ether oxygens (including phenoxy) is 1. The van der Waals surface area contributed by atoms with E-state index in [1.54, 1.807) is 0 Å². The molecule has 3 heterocycles. The molecule has 1 saturated heterocycles. The standard InChI is InChI=1S/C27H31N3O3/c1-16-25(17(2)33-29-16)20-6-8-21-22-14-19(7-9-23(22)28-24(21)15-20)18-10-12-30(13-11-18)26(31)32-27(3,4)5/h6-9,14-15,18,28H,10-13H2,1-5H3. The van der Waals surface area contributed by atoms with E-state index in [-0.39, 0.29) is 6.09 Å². The smallest absolute Gasteiger partial charge is 0.410 e. The molecular formula is C27H31N3O3. The number of hydrogen-bond donors (Lipinski definition) is 1. The minimum atomic E-state index is -0.459. The second kappa shape index (κ2) is 7.94. The van der Waals surface area contributed by atoms with Crippen molar-refractivity contribution in [2.24, 2.45) is 0 Å². The maximum Gasteiger partial charge on any atom is 0.410 e. The lowest BCUT2D eigenvalue weighted by molar-refractivity contribution is 0.0205. The number of nitrogens with zero attached hydrogens (tertiary/aromatic N) is 2. The van der Waals surface area contributed by atoms with E-state index in [2.05, 4.69) is 46.5 Å². The van der Waals surface area contributed by atoms with E-state index >= 15 is 0 Å². The number of hydrogen-bond acceptors (Lipinski definition) is 4. The molecule has 172 valence electrons. The number of likely N-dealkylation sites (tertiary alicyclic amines) is 1. The van der Waals surface area contributed by atoms with Crippen molar-refractivity contribution >= 4 is 27.9 Å². The first-order chi connectivity index (χ1) is 15.7. The highest BCUT2D eigenvalue weighted by Gasteiger charge is 2.27. The summed E-state index contributed by atoms with van der Waals surface area (Å²) in [5.74, 6) is 1.28. The Bertz CT molecular complexity index is 1310. The third-order valence-corrected chi connectivity index (χ3v) is 6.56. The minimum absolute atomic E-state index is 0.206. The van der Waals surface area contributed by atoms with Crippen LogP contribution < -0.4 is 0 Å². The number of aryl methyl sites for hydroxylation is 2. The second-order valence-corrected chi connectivity index (χ2v) is 10.1. The highest BCUT2D eigenvalue weighted by molar-refractivity contribution is 6.08. The van der Waals surface area contributed by atoms with Crippen molar-refractivity contribution in [3.05, 3.63) is 53.4 Å². The first kappa shape index (κ1) is 21.6. The van der Waals surface area contributed by atoms with Crippen molar-refractivity contribution < 1.29 is 14.1 Å². The number of amides is 1. The van der Waals surface area contributed by atoms with Crippen molar-refractivity contribution in [3.8, 4) is 11.1 Å². The fourth-order valence-corrected chi connectivity index (χ4v) is 4.95. The van der Waals surface area contributed by atoms with Gasteiger partial charge in [0.25, 0.3) is 0 Å². The average molecular weight is 446 g/mol. The van der Waals surface area contributed by atoms with Crippen molar-refractivity contribution in [1.82, 2.24) is 15.0 Å². The molecule has 1 aliphatic heterocycles. The molecular weight excluding hydrogens is 414 g/mol. The van der Waals surface area contributed by atoms with Crippen LogP contribution in [0.5, 0.6) is 0 Å². The summed E-state index contributed by atoms with van der Waals surface area (Å²) in [6, 6.07) is 13.2. The molecule has 0 bridgehead atoms. The van der Waals surface area contributed by atoms with Gasteiger partial charge in [0.15, 0.2) is 0 Å². The molecule has 0 atom stereocenters. The number of carbonyl (C=O) groups excluding carboxylic acids is 1. The van der Waals surface area contributed by atoms with Crippen LogP contribution in [0.15, 0.2) is 40.9 Å². The van der Waals surface area contributed by atoms with Gasteiger partial charge in [-0.2, -0.15) is 0 Å². The van der Waals surface area contributed by atoms with E-state index in [4.69, 9.17) is 9.26 Å². The minimum Gasteiger partial charge on any atom is -0.444 e. The summed E-state index contributed by atoms with van der Waals surface area (Å²) in [5, 5.41) is 6.55. The van der Waals surface area contributed by atoms with Crippen LogP contribution in [0.3, 0.4) is 0 Å². The Kier molecular flexibility index (Phi) is 5.19. The van der Waals surface area contributed by atoms with Crippen molar-refractivity contribution in [2.45, 2.75) is 59.0 Å². The fraction of sp³-hybridized carbons (Fsp3) is 0.407. The maximum absolute atomic E-state index is 12.4. The SMILES string of the molecule is Cc1noc(C)c1-c1ccc2c(c1)[nH]c1ccc(C3CCN(C(=O)OC(C)(C)C)CC3)cc12. The van der Waals surface area contributed by atoms with Crippen LogP contribution in [-0.4, -0.2) is 39.8 Å². The molecule has 1 amide bonds. The zero-order chi connectivity index (χ0) is 23.3. The normalized spacial score (nSPS) is 15.5. The zero-order valence-corrected chi connectivity index (χ0v) is 20.0. The number of fused-ring (bicyclic) bond motifs is 3. The summed E-state index contributed by atoms with van der Waals surface area (Å²) in [4.78, 5) is 17.8. The summed E-state index contributed by atoms with van der Waals surface area (Å²) in [6.45, 7) is 11.1. The molecule has 1 fully saturated rings. The molecule has 1 aliphatic rings. The van der Waals surface area contributed by atoms with E-state index in [1.165, 1.54) is 16.3 Å². The summed E-state index contributed by atoms with van der Waals surface area (Å²) >= 11 is 0. The van der Waals surface area contributed by atoms with Gasteiger partial charge in [-0.1, -0.05) is 23.4 Å². The van der Waals surface area contributed by atoms with E-state index in [0.29, 0.717) is 5.92 Å². The Balaban J connectivity index is 1.39. The number of H-pyrrole nitrogens is 1. The summed E-state index contributed by atoms with van der Waals surface area (Å²) in [5.41, 5.74) is 6.20. The lowest BCUT2D eigenvalue weighted by atomic mass is 9.88. The molecule has 33 heavy (non-hydrogen) atoms. The predicted molar refractivity (Wildman–Crippen MR) is 131 cm³/mol. The molecule has 1 N–H and O–H groups in total. The summed E-state index contributed by atoms with van der Waals surface area (Å²) < 4.78 is 10.9. The van der Waals surface area contributed by atoms with E-state index < -0.39 is 5.60 Å². The van der Waals surface area contributed by atoms with Crippen molar-refractivity contribution in [2.75, 3.05) is 13.1 Å². The van der Waals surface area contributed by atoms with Gasteiger partial charge in [0.1, 0.15) is 11.4 Å². The van der Waals surface area contributed by atoms with Gasteiger partial charge in [-0.05, 0) is 82.7 Å². The number of nitrogens with one attached hydrogen (secondary N) is 1. The Morgan fingerprint density at radius 2 is 1.82 bits per heavy atom. The largest absolute Gasteiger partial charge is 0.444 e. The zero-order valence-electron chi connectivity index (χ0n) is 20.0. The Hall–Kier alpha value is -3.28.